The van der Waals surface area contributed by atoms with Gasteiger partial charge in [0, 0.05) is 5.56 Å². The molecule has 4 aromatic rings. The fourth-order valence-corrected chi connectivity index (χ4v) is 2.12. The van der Waals surface area contributed by atoms with Gasteiger partial charge in [0.2, 0.25) is 0 Å². The number of hydrogen-bond acceptors (Lipinski definition) is 8. The number of rotatable bonds is 4. The monoisotopic (exact) mass is 308 g/mol. The Morgan fingerprint density at radius 1 is 1.13 bits per heavy atom. The summed E-state index contributed by atoms with van der Waals surface area (Å²) in [6.45, 7) is 1.92. The molecule has 0 bridgehead atoms. The first-order valence-electron chi connectivity index (χ1n) is 7.00. The predicted octanol–water partition coefficient (Wildman–Crippen LogP) is 1.74. The van der Waals surface area contributed by atoms with Crippen molar-refractivity contribution in [3.8, 4) is 11.5 Å². The van der Waals surface area contributed by atoms with Crippen molar-refractivity contribution in [2.75, 3.05) is 5.32 Å². The van der Waals surface area contributed by atoms with Crippen molar-refractivity contribution in [2.24, 2.45) is 0 Å². The maximum atomic E-state index is 5.31. The van der Waals surface area contributed by atoms with Crippen molar-refractivity contribution in [1.29, 1.82) is 0 Å². The lowest BCUT2D eigenvalue weighted by atomic mass is 10.2. The van der Waals surface area contributed by atoms with Crippen LogP contribution in [0.2, 0.25) is 0 Å². The van der Waals surface area contributed by atoms with Crippen LogP contribution in [0, 0.1) is 0 Å². The molecule has 0 saturated heterocycles. The van der Waals surface area contributed by atoms with E-state index in [-0.39, 0.29) is 6.04 Å². The average Bonchev–Trinajstić information content (AvgIpc) is 3.24. The Morgan fingerprint density at radius 2 is 2.00 bits per heavy atom. The molecular weight excluding hydrogens is 296 g/mol. The van der Waals surface area contributed by atoms with Crippen molar-refractivity contribution in [3.05, 3.63) is 48.3 Å². The van der Waals surface area contributed by atoms with E-state index in [1.54, 1.807) is 12.1 Å². The molecule has 3 heterocycles. The lowest BCUT2D eigenvalue weighted by molar-refractivity contribution is 0.419. The molecule has 1 unspecified atom stereocenters. The van der Waals surface area contributed by atoms with E-state index in [0.717, 1.165) is 5.56 Å². The third kappa shape index (κ3) is 2.59. The van der Waals surface area contributed by atoms with E-state index in [1.807, 2.05) is 37.3 Å². The zero-order chi connectivity index (χ0) is 15.6. The van der Waals surface area contributed by atoms with E-state index in [2.05, 4.69) is 36.1 Å². The minimum absolute atomic E-state index is 0.183. The molecule has 0 amide bonds. The highest BCUT2D eigenvalue weighted by atomic mass is 16.5. The molecule has 1 aromatic carbocycles. The van der Waals surface area contributed by atoms with Gasteiger partial charge in [0.05, 0.1) is 6.04 Å². The molecule has 3 aromatic heterocycles. The number of aromatic nitrogens is 7. The van der Waals surface area contributed by atoms with Crippen LogP contribution in [-0.2, 0) is 0 Å². The summed E-state index contributed by atoms with van der Waals surface area (Å²) in [5.74, 6) is 1.64. The Kier molecular flexibility index (Phi) is 3.15. The van der Waals surface area contributed by atoms with E-state index in [4.69, 9.17) is 4.52 Å². The normalized spacial score (nSPS) is 12.4. The zero-order valence-corrected chi connectivity index (χ0v) is 12.2. The van der Waals surface area contributed by atoms with Crippen LogP contribution in [0.4, 0.5) is 5.82 Å². The summed E-state index contributed by atoms with van der Waals surface area (Å²) in [5, 5.41) is 22.6. The highest BCUT2D eigenvalue weighted by molar-refractivity contribution is 5.52. The van der Waals surface area contributed by atoms with Gasteiger partial charge < -0.3 is 9.84 Å². The predicted molar refractivity (Wildman–Crippen MR) is 80.3 cm³/mol. The van der Waals surface area contributed by atoms with Gasteiger partial charge in [-0.1, -0.05) is 23.4 Å². The minimum atomic E-state index is -0.183. The van der Waals surface area contributed by atoms with Crippen LogP contribution in [0.5, 0.6) is 0 Å². The number of hydrogen-bond donors (Lipinski definition) is 1. The molecule has 0 fully saturated rings. The maximum absolute atomic E-state index is 5.31. The molecule has 23 heavy (non-hydrogen) atoms. The van der Waals surface area contributed by atoms with Gasteiger partial charge >= 0.3 is 0 Å². The second-order valence-corrected chi connectivity index (χ2v) is 4.93. The van der Waals surface area contributed by atoms with E-state index < -0.39 is 0 Å². The van der Waals surface area contributed by atoms with Crippen LogP contribution in [0.25, 0.3) is 17.1 Å². The van der Waals surface area contributed by atoms with Gasteiger partial charge in [-0.2, -0.15) is 4.98 Å². The Bertz CT molecular complexity index is 932. The largest absolute Gasteiger partial charge is 0.359 e. The lowest BCUT2D eigenvalue weighted by Crippen LogP contribution is -2.11. The summed E-state index contributed by atoms with van der Waals surface area (Å²) in [4.78, 5) is 4.41. The second kappa shape index (κ2) is 5.44. The fourth-order valence-electron chi connectivity index (χ4n) is 2.12. The number of tetrazole rings is 1. The van der Waals surface area contributed by atoms with Gasteiger partial charge in [0.15, 0.2) is 11.5 Å². The van der Waals surface area contributed by atoms with Crippen molar-refractivity contribution in [1.82, 2.24) is 35.4 Å². The van der Waals surface area contributed by atoms with Crippen LogP contribution in [0.3, 0.4) is 0 Å². The van der Waals surface area contributed by atoms with Crippen molar-refractivity contribution in [2.45, 2.75) is 13.0 Å². The van der Waals surface area contributed by atoms with Gasteiger partial charge in [-0.3, -0.25) is 0 Å². The third-order valence-corrected chi connectivity index (χ3v) is 3.28. The highest BCUT2D eigenvalue weighted by Crippen LogP contribution is 2.20. The molecule has 1 atom stereocenters. The lowest BCUT2D eigenvalue weighted by Gasteiger charge is -2.09. The molecule has 0 saturated carbocycles. The summed E-state index contributed by atoms with van der Waals surface area (Å²) < 4.78 is 6.66. The number of fused-ring (bicyclic) bond motifs is 1. The van der Waals surface area contributed by atoms with Crippen LogP contribution in [0.1, 0.15) is 18.8 Å². The number of nitrogens with zero attached hydrogens (tertiary/aromatic N) is 7. The van der Waals surface area contributed by atoms with Gasteiger partial charge in [0.25, 0.3) is 5.89 Å². The first-order valence-corrected chi connectivity index (χ1v) is 7.00. The summed E-state index contributed by atoms with van der Waals surface area (Å²) in [5.41, 5.74) is 1.46. The topological polar surface area (TPSA) is 107 Å². The molecule has 0 radical (unpaired) electrons. The standard InChI is InChI=1S/C14H12N8O/c1-9(15-11-7-8-12-17-20-21-22(12)18-11)13-16-14(23-19-13)10-5-3-2-4-6-10/h2-9H,1H3,(H,15,18). The maximum Gasteiger partial charge on any atom is 0.257 e. The Hall–Kier alpha value is -3.36. The highest BCUT2D eigenvalue weighted by Gasteiger charge is 2.15. The molecule has 114 valence electrons. The van der Waals surface area contributed by atoms with Crippen molar-refractivity contribution in [3.63, 3.8) is 0 Å². The molecule has 0 aliphatic rings. The fraction of sp³-hybridized carbons (Fsp3) is 0.143. The molecule has 4 rings (SSSR count). The van der Waals surface area contributed by atoms with Gasteiger partial charge in [0.1, 0.15) is 5.82 Å². The molecule has 0 aliphatic heterocycles. The first kappa shape index (κ1) is 13.3. The van der Waals surface area contributed by atoms with Gasteiger partial charge in [-0.05, 0) is 41.6 Å². The quantitative estimate of drug-likeness (QED) is 0.607. The van der Waals surface area contributed by atoms with E-state index in [9.17, 15) is 0 Å². The molecule has 0 spiro atoms. The Labute approximate surface area is 130 Å². The van der Waals surface area contributed by atoms with Crippen LogP contribution in [-0.4, -0.2) is 35.4 Å². The molecule has 9 nitrogen and oxygen atoms in total. The van der Waals surface area contributed by atoms with Crippen molar-refractivity contribution >= 4 is 11.5 Å². The van der Waals surface area contributed by atoms with Crippen LogP contribution >= 0.6 is 0 Å². The second-order valence-electron chi connectivity index (χ2n) is 4.93. The number of anilines is 1. The average molecular weight is 308 g/mol. The zero-order valence-electron chi connectivity index (χ0n) is 12.2. The number of nitrogens with one attached hydrogen (secondary N) is 1. The van der Waals surface area contributed by atoms with Gasteiger partial charge in [-0.15, -0.1) is 14.8 Å². The van der Waals surface area contributed by atoms with E-state index in [1.165, 1.54) is 4.63 Å². The molecular formula is C14H12N8O. The molecule has 1 N–H and O–H groups in total. The SMILES string of the molecule is CC(Nc1ccc2nnnn2n1)c1noc(-c2ccccc2)n1. The summed E-state index contributed by atoms with van der Waals surface area (Å²) in [6.07, 6.45) is 0. The third-order valence-electron chi connectivity index (χ3n) is 3.28. The summed E-state index contributed by atoms with van der Waals surface area (Å²) >= 11 is 0. The van der Waals surface area contributed by atoms with Crippen LogP contribution in [0.15, 0.2) is 47.0 Å². The van der Waals surface area contributed by atoms with E-state index >= 15 is 0 Å². The first-order chi connectivity index (χ1) is 11.3. The summed E-state index contributed by atoms with van der Waals surface area (Å²) in [7, 11) is 0. The molecule has 0 aliphatic carbocycles. The summed E-state index contributed by atoms with van der Waals surface area (Å²) in [6, 6.07) is 13.0. The van der Waals surface area contributed by atoms with Crippen LogP contribution < -0.4 is 5.32 Å². The Balaban J connectivity index is 1.55. The Morgan fingerprint density at radius 3 is 2.87 bits per heavy atom. The number of benzene rings is 1. The smallest absolute Gasteiger partial charge is 0.257 e. The molecule has 9 heteroatoms. The van der Waals surface area contributed by atoms with Gasteiger partial charge in [-0.25, -0.2) is 0 Å². The van der Waals surface area contributed by atoms with E-state index in [0.29, 0.717) is 23.2 Å². The van der Waals surface area contributed by atoms with Crippen molar-refractivity contribution < 1.29 is 4.52 Å². The minimum Gasteiger partial charge on any atom is -0.359 e.